The zero-order valence-electron chi connectivity index (χ0n) is 5.20. The molecule has 40 valence electrons. The number of nitrogens with zero attached hydrogens (tertiary/aromatic N) is 2. The van der Waals surface area contributed by atoms with Crippen LogP contribution >= 0.6 is 0 Å². The maximum atomic E-state index is 8.27. The molecule has 0 aliphatic carbocycles. The monoisotopic (exact) mass is 108 g/mol. The average Bonchev–Trinajstić information content (AvgIpc) is 1.90. The maximum Gasteiger partial charge on any atom is 0.161 e. The number of nitrogens with one attached hydrogen (secondary N) is 1. The number of allylic oxidation sites excluding steroid dienone is 1. The van der Waals surface area contributed by atoms with Gasteiger partial charge in [-0.25, -0.2) is 0 Å². The molecule has 0 saturated carbocycles. The quantitative estimate of drug-likeness (QED) is 0.475. The number of rotatable bonds is 0. The highest BCUT2D eigenvalue weighted by Crippen LogP contribution is 1.83. The lowest BCUT2D eigenvalue weighted by atomic mass is 10.4. The van der Waals surface area contributed by atoms with Crippen molar-refractivity contribution in [1.29, 1.82) is 5.26 Å². The topological polar surface area (TPSA) is 48.2 Å². The predicted octanol–water partition coefficient (Wildman–Crippen LogP) is 0.0254. The van der Waals surface area contributed by atoms with E-state index < -0.39 is 0 Å². The standard InChI is InChI=1S/C5H5N3/c6-3-5-1-2-7-4-8-5/h1-2,7H,4H2/i/hD. The molecule has 0 amide bonds. The molecule has 0 aromatic carbocycles. The van der Waals surface area contributed by atoms with E-state index in [2.05, 4.69) is 4.99 Å². The largest absolute Gasteiger partial charge is 0.372 e. The van der Waals surface area contributed by atoms with Crippen molar-refractivity contribution in [3.63, 3.8) is 0 Å². The lowest BCUT2D eigenvalue weighted by Crippen LogP contribution is -2.11. The van der Waals surface area contributed by atoms with Gasteiger partial charge in [-0.2, -0.15) is 5.26 Å². The molecule has 0 radical (unpaired) electrons. The molecule has 0 bridgehead atoms. The summed E-state index contributed by atoms with van der Waals surface area (Å²) in [4.78, 5) is 3.74. The Morgan fingerprint density at radius 2 is 3.00 bits per heavy atom. The summed E-state index contributed by atoms with van der Waals surface area (Å²) >= 11 is 0. The van der Waals surface area contributed by atoms with E-state index in [1.165, 1.54) is 12.3 Å². The molecule has 0 saturated heterocycles. The molecule has 1 heterocycles. The third-order valence-corrected chi connectivity index (χ3v) is 0.775. The summed E-state index contributed by atoms with van der Waals surface area (Å²) in [5, 5.41) is 9.42. The van der Waals surface area contributed by atoms with Crippen LogP contribution in [-0.2, 0) is 0 Å². The Bertz CT molecular complexity index is 201. The van der Waals surface area contributed by atoms with Gasteiger partial charge < -0.3 is 5.31 Å². The second-order valence-electron chi connectivity index (χ2n) is 1.29. The molecule has 0 fully saturated rings. The molecule has 0 aromatic rings. The zero-order valence-corrected chi connectivity index (χ0v) is 4.20. The molecule has 0 aromatic heterocycles. The van der Waals surface area contributed by atoms with Crippen LogP contribution in [0.15, 0.2) is 17.3 Å². The first kappa shape index (κ1) is 3.67. The second kappa shape index (κ2) is 2.12. The van der Waals surface area contributed by atoms with Gasteiger partial charge in [0.1, 0.15) is 18.4 Å². The number of hydrogen-bond donors (Lipinski definition) is 1. The molecule has 3 heteroatoms. The van der Waals surface area contributed by atoms with Gasteiger partial charge in [-0.05, 0) is 6.08 Å². The number of aliphatic imine (C=N–C) groups is 1. The number of nitriles is 1. The Balaban J connectivity index is 2.66. The van der Waals surface area contributed by atoms with Gasteiger partial charge in [0.25, 0.3) is 0 Å². The zero-order chi connectivity index (χ0) is 6.69. The van der Waals surface area contributed by atoms with Gasteiger partial charge in [0.2, 0.25) is 0 Å². The van der Waals surface area contributed by atoms with E-state index >= 15 is 0 Å². The van der Waals surface area contributed by atoms with Crippen molar-refractivity contribution in [2.75, 3.05) is 6.67 Å². The lowest BCUT2D eigenvalue weighted by Gasteiger charge is -1.98. The van der Waals surface area contributed by atoms with Gasteiger partial charge in [-0.1, -0.05) is 0 Å². The van der Waals surface area contributed by atoms with Gasteiger partial charge >= 0.3 is 0 Å². The Labute approximate surface area is 48.8 Å². The molecule has 1 N–H and O–H groups in total. The molecule has 0 spiro atoms. The van der Waals surface area contributed by atoms with Crippen LogP contribution in [0, 0.1) is 11.3 Å². The Hall–Kier alpha value is -1.30. The van der Waals surface area contributed by atoms with Crippen LogP contribution in [0.3, 0.4) is 0 Å². The second-order valence-corrected chi connectivity index (χ2v) is 1.29. The van der Waals surface area contributed by atoms with Gasteiger partial charge in [-0.15, -0.1) is 0 Å². The molecular weight excluding hydrogens is 102 g/mol. The van der Waals surface area contributed by atoms with E-state index in [1.54, 1.807) is 0 Å². The first-order valence-corrected chi connectivity index (χ1v) is 2.21. The molecule has 1 aliphatic heterocycles. The first-order chi connectivity index (χ1) is 4.33. The van der Waals surface area contributed by atoms with Crippen molar-refractivity contribution in [1.82, 2.24) is 5.31 Å². The fourth-order valence-corrected chi connectivity index (χ4v) is 0.413. The summed E-state index contributed by atoms with van der Waals surface area (Å²) in [5.74, 6) is 0. The molecule has 0 unspecified atom stereocenters. The van der Waals surface area contributed by atoms with Crippen molar-refractivity contribution in [3.05, 3.63) is 12.3 Å². The minimum absolute atomic E-state index is 0.263. The maximum absolute atomic E-state index is 8.27. The highest BCUT2D eigenvalue weighted by atomic mass is 15.0. The summed E-state index contributed by atoms with van der Waals surface area (Å²) in [6.07, 6.45) is 3.02. The molecular formula is C5H5N3. The summed E-state index contributed by atoms with van der Waals surface area (Å²) in [6.45, 7) is 0.263. The fraction of sp³-hybridized carbons (Fsp3) is 0.200. The molecule has 1 rings (SSSR count). The minimum atomic E-state index is 0.263. The smallest absolute Gasteiger partial charge is 0.161 e. The minimum Gasteiger partial charge on any atom is -0.372 e. The molecule has 1 aliphatic rings. The van der Waals surface area contributed by atoms with E-state index in [9.17, 15) is 0 Å². The van der Waals surface area contributed by atoms with Crippen LogP contribution in [0.5, 0.6) is 0 Å². The van der Waals surface area contributed by atoms with Crippen molar-refractivity contribution >= 4 is 5.71 Å². The first-order valence-electron chi connectivity index (χ1n) is 2.66. The summed E-state index contributed by atoms with van der Waals surface area (Å²) in [6, 6.07) is 1.88. The van der Waals surface area contributed by atoms with Gasteiger partial charge in [0, 0.05) is 6.20 Å². The van der Waals surface area contributed by atoms with E-state index in [1.807, 2.05) is 6.07 Å². The van der Waals surface area contributed by atoms with Crippen molar-refractivity contribution in [3.8, 4) is 6.07 Å². The van der Waals surface area contributed by atoms with Crippen molar-refractivity contribution < 1.29 is 1.41 Å². The van der Waals surface area contributed by atoms with E-state index in [-0.39, 0.29) is 6.67 Å². The molecule has 3 nitrogen and oxygen atoms in total. The van der Waals surface area contributed by atoms with Crippen LogP contribution in [0.25, 0.3) is 0 Å². The van der Waals surface area contributed by atoms with Crippen LogP contribution in [0.4, 0.5) is 0 Å². The Morgan fingerprint density at radius 3 is 3.50 bits per heavy atom. The van der Waals surface area contributed by atoms with Crippen molar-refractivity contribution in [2.24, 2.45) is 4.99 Å². The van der Waals surface area contributed by atoms with Crippen LogP contribution < -0.4 is 5.31 Å². The predicted molar refractivity (Wildman–Crippen MR) is 30.2 cm³/mol. The Morgan fingerprint density at radius 1 is 2.12 bits per heavy atom. The average molecular weight is 108 g/mol. The third-order valence-electron chi connectivity index (χ3n) is 0.775. The van der Waals surface area contributed by atoms with Crippen molar-refractivity contribution in [2.45, 2.75) is 0 Å². The lowest BCUT2D eigenvalue weighted by molar-refractivity contribution is 0.875. The SMILES string of the molecule is [2H]N1C=CC(C#N)=NC1. The van der Waals surface area contributed by atoms with E-state index in [4.69, 9.17) is 6.67 Å². The van der Waals surface area contributed by atoms with Crippen LogP contribution in [0.2, 0.25) is 1.41 Å². The summed E-state index contributed by atoms with van der Waals surface area (Å²) < 4.78 is 6.97. The van der Waals surface area contributed by atoms with Gasteiger partial charge in [0.15, 0.2) is 1.41 Å². The van der Waals surface area contributed by atoms with E-state index in [0.717, 1.165) is 5.31 Å². The summed E-state index contributed by atoms with van der Waals surface area (Å²) in [5.41, 5.74) is 0.388. The normalized spacial score (nSPS) is 19.1. The number of hydrogen-bond acceptors (Lipinski definition) is 3. The molecule has 0 atom stereocenters. The van der Waals surface area contributed by atoms with Crippen LogP contribution in [0.1, 0.15) is 0 Å². The van der Waals surface area contributed by atoms with E-state index in [0.29, 0.717) is 5.71 Å². The van der Waals surface area contributed by atoms with Gasteiger partial charge in [-0.3, -0.25) is 4.99 Å². The highest BCUT2D eigenvalue weighted by Gasteiger charge is 1.91. The van der Waals surface area contributed by atoms with Crippen LogP contribution in [-0.4, -0.2) is 12.4 Å². The fourth-order valence-electron chi connectivity index (χ4n) is 0.413. The summed E-state index contributed by atoms with van der Waals surface area (Å²) in [7, 11) is 0. The molecule has 8 heavy (non-hydrogen) atoms. The Kier molecular flexibility index (Phi) is 0.975. The highest BCUT2D eigenvalue weighted by molar-refractivity contribution is 6.07. The third kappa shape index (κ3) is 0.850. The van der Waals surface area contributed by atoms with Gasteiger partial charge in [0.05, 0.1) is 0 Å².